The zero-order valence-electron chi connectivity index (χ0n) is 7.19. The average molecular weight is 141 g/mol. The molecule has 0 heterocycles. The third-order valence-corrected chi connectivity index (χ3v) is 2.39. The van der Waals surface area contributed by atoms with Gasteiger partial charge in [0, 0.05) is 0 Å². The molecule has 60 valence electrons. The SMILES string of the molecule is CCCC1CC1CNCC. The number of hydrogen-bond donors (Lipinski definition) is 1. The van der Waals surface area contributed by atoms with Crippen LogP contribution in [0.15, 0.2) is 0 Å². The topological polar surface area (TPSA) is 12.0 Å². The van der Waals surface area contributed by atoms with Crippen LogP contribution >= 0.6 is 0 Å². The molecule has 1 nitrogen and oxygen atoms in total. The van der Waals surface area contributed by atoms with Crippen molar-refractivity contribution in [1.82, 2.24) is 5.32 Å². The Kier molecular flexibility index (Phi) is 3.20. The van der Waals surface area contributed by atoms with Crippen LogP contribution in [0.25, 0.3) is 0 Å². The van der Waals surface area contributed by atoms with Crippen LogP contribution in [0.4, 0.5) is 0 Å². The fraction of sp³-hybridized carbons (Fsp3) is 1.00. The molecule has 0 radical (unpaired) electrons. The lowest BCUT2D eigenvalue weighted by atomic mass is 10.2. The highest BCUT2D eigenvalue weighted by Gasteiger charge is 2.34. The minimum Gasteiger partial charge on any atom is -0.317 e. The van der Waals surface area contributed by atoms with E-state index in [2.05, 4.69) is 19.2 Å². The predicted molar refractivity (Wildman–Crippen MR) is 45.0 cm³/mol. The maximum Gasteiger partial charge on any atom is -0.00179 e. The van der Waals surface area contributed by atoms with Gasteiger partial charge >= 0.3 is 0 Å². The summed E-state index contributed by atoms with van der Waals surface area (Å²) in [4.78, 5) is 0. The molecule has 1 aliphatic carbocycles. The van der Waals surface area contributed by atoms with Gasteiger partial charge in [-0.15, -0.1) is 0 Å². The van der Waals surface area contributed by atoms with Crippen molar-refractivity contribution in [2.75, 3.05) is 13.1 Å². The van der Waals surface area contributed by atoms with E-state index < -0.39 is 0 Å². The zero-order valence-corrected chi connectivity index (χ0v) is 7.19. The summed E-state index contributed by atoms with van der Waals surface area (Å²) in [6, 6.07) is 0. The van der Waals surface area contributed by atoms with Crippen LogP contribution in [0.5, 0.6) is 0 Å². The van der Waals surface area contributed by atoms with Gasteiger partial charge in [-0.1, -0.05) is 26.7 Å². The Balaban J connectivity index is 1.92. The fourth-order valence-corrected chi connectivity index (χ4v) is 1.61. The van der Waals surface area contributed by atoms with Crippen molar-refractivity contribution in [2.24, 2.45) is 11.8 Å². The second-order valence-electron chi connectivity index (χ2n) is 3.35. The van der Waals surface area contributed by atoms with Gasteiger partial charge in [-0.3, -0.25) is 0 Å². The fourth-order valence-electron chi connectivity index (χ4n) is 1.61. The molecule has 1 fully saturated rings. The first-order chi connectivity index (χ1) is 4.88. The van der Waals surface area contributed by atoms with E-state index in [0.717, 1.165) is 18.4 Å². The molecule has 1 saturated carbocycles. The smallest absolute Gasteiger partial charge is 0.00179 e. The summed E-state index contributed by atoms with van der Waals surface area (Å²) in [7, 11) is 0. The Morgan fingerprint density at radius 3 is 2.70 bits per heavy atom. The lowest BCUT2D eigenvalue weighted by Gasteiger charge is -1.98. The lowest BCUT2D eigenvalue weighted by Crippen LogP contribution is -2.16. The van der Waals surface area contributed by atoms with Crippen molar-refractivity contribution in [2.45, 2.75) is 33.1 Å². The Bertz CT molecular complexity index is 90.7. The Hall–Kier alpha value is -0.0400. The third-order valence-electron chi connectivity index (χ3n) is 2.39. The zero-order chi connectivity index (χ0) is 7.40. The summed E-state index contributed by atoms with van der Waals surface area (Å²) >= 11 is 0. The molecule has 0 aromatic heterocycles. The second kappa shape index (κ2) is 3.97. The predicted octanol–water partition coefficient (Wildman–Crippen LogP) is 2.03. The van der Waals surface area contributed by atoms with Gasteiger partial charge < -0.3 is 5.32 Å². The van der Waals surface area contributed by atoms with E-state index >= 15 is 0 Å². The van der Waals surface area contributed by atoms with Crippen molar-refractivity contribution in [3.8, 4) is 0 Å². The third kappa shape index (κ3) is 2.30. The van der Waals surface area contributed by atoms with Gasteiger partial charge in [-0.05, 0) is 31.3 Å². The van der Waals surface area contributed by atoms with E-state index in [0.29, 0.717) is 0 Å². The molecule has 0 bridgehead atoms. The molecule has 0 aromatic rings. The molecule has 0 amide bonds. The Labute approximate surface area is 64.2 Å². The van der Waals surface area contributed by atoms with Gasteiger partial charge in [0.05, 0.1) is 0 Å². The van der Waals surface area contributed by atoms with Gasteiger partial charge in [-0.25, -0.2) is 0 Å². The van der Waals surface area contributed by atoms with Crippen molar-refractivity contribution < 1.29 is 0 Å². The van der Waals surface area contributed by atoms with Gasteiger partial charge in [0.2, 0.25) is 0 Å². The van der Waals surface area contributed by atoms with E-state index in [1.807, 2.05) is 0 Å². The van der Waals surface area contributed by atoms with Crippen LogP contribution in [0.2, 0.25) is 0 Å². The monoisotopic (exact) mass is 141 g/mol. The van der Waals surface area contributed by atoms with E-state index in [4.69, 9.17) is 0 Å². The summed E-state index contributed by atoms with van der Waals surface area (Å²) < 4.78 is 0. The standard InChI is InChI=1S/C9H19N/c1-3-5-8-6-9(8)7-10-4-2/h8-10H,3-7H2,1-2H3. The largest absolute Gasteiger partial charge is 0.317 e. The Morgan fingerprint density at radius 1 is 1.30 bits per heavy atom. The quantitative estimate of drug-likeness (QED) is 0.617. The minimum atomic E-state index is 1.03. The molecule has 1 aliphatic rings. The number of nitrogens with one attached hydrogen (secondary N) is 1. The summed E-state index contributed by atoms with van der Waals surface area (Å²) in [6.07, 6.45) is 4.31. The van der Waals surface area contributed by atoms with Gasteiger partial charge in [0.15, 0.2) is 0 Å². The van der Waals surface area contributed by atoms with Crippen molar-refractivity contribution in [1.29, 1.82) is 0 Å². The van der Waals surface area contributed by atoms with E-state index in [-0.39, 0.29) is 0 Å². The Morgan fingerprint density at radius 2 is 2.10 bits per heavy atom. The summed E-state index contributed by atoms with van der Waals surface area (Å²) in [5.41, 5.74) is 0. The molecular formula is C9H19N. The molecule has 1 heteroatoms. The first kappa shape index (κ1) is 8.06. The molecule has 0 aliphatic heterocycles. The summed E-state index contributed by atoms with van der Waals surface area (Å²) in [6.45, 7) is 6.86. The van der Waals surface area contributed by atoms with Crippen LogP contribution in [0.1, 0.15) is 33.1 Å². The maximum atomic E-state index is 3.40. The molecule has 0 saturated heterocycles. The molecular weight excluding hydrogens is 122 g/mol. The summed E-state index contributed by atoms with van der Waals surface area (Å²) in [5.74, 6) is 2.10. The molecule has 0 aromatic carbocycles. The first-order valence-corrected chi connectivity index (χ1v) is 4.59. The molecule has 2 atom stereocenters. The lowest BCUT2D eigenvalue weighted by molar-refractivity contribution is 0.584. The maximum absolute atomic E-state index is 3.40. The van der Waals surface area contributed by atoms with Gasteiger partial charge in [0.1, 0.15) is 0 Å². The van der Waals surface area contributed by atoms with E-state index in [9.17, 15) is 0 Å². The highest BCUT2D eigenvalue weighted by molar-refractivity contribution is 4.86. The van der Waals surface area contributed by atoms with E-state index in [1.165, 1.54) is 25.8 Å². The molecule has 10 heavy (non-hydrogen) atoms. The highest BCUT2D eigenvalue weighted by Crippen LogP contribution is 2.41. The van der Waals surface area contributed by atoms with Gasteiger partial charge in [0.25, 0.3) is 0 Å². The first-order valence-electron chi connectivity index (χ1n) is 4.59. The van der Waals surface area contributed by atoms with Crippen molar-refractivity contribution >= 4 is 0 Å². The number of hydrogen-bond acceptors (Lipinski definition) is 1. The highest BCUT2D eigenvalue weighted by atomic mass is 14.9. The van der Waals surface area contributed by atoms with Crippen LogP contribution < -0.4 is 5.32 Å². The van der Waals surface area contributed by atoms with Gasteiger partial charge in [-0.2, -0.15) is 0 Å². The van der Waals surface area contributed by atoms with Crippen LogP contribution in [-0.2, 0) is 0 Å². The molecule has 1 N–H and O–H groups in total. The average Bonchev–Trinajstić information content (AvgIpc) is 2.65. The summed E-state index contributed by atoms with van der Waals surface area (Å²) in [5, 5.41) is 3.40. The number of rotatable bonds is 5. The molecule has 0 spiro atoms. The molecule has 1 rings (SSSR count). The normalized spacial score (nSPS) is 30.6. The van der Waals surface area contributed by atoms with E-state index in [1.54, 1.807) is 0 Å². The van der Waals surface area contributed by atoms with Crippen LogP contribution in [0.3, 0.4) is 0 Å². The van der Waals surface area contributed by atoms with Crippen molar-refractivity contribution in [3.05, 3.63) is 0 Å². The minimum absolute atomic E-state index is 1.03. The van der Waals surface area contributed by atoms with Crippen LogP contribution in [0, 0.1) is 11.8 Å². The van der Waals surface area contributed by atoms with Crippen molar-refractivity contribution in [3.63, 3.8) is 0 Å². The second-order valence-corrected chi connectivity index (χ2v) is 3.35. The van der Waals surface area contributed by atoms with Crippen LogP contribution in [-0.4, -0.2) is 13.1 Å². The molecule has 2 unspecified atom stereocenters.